The maximum absolute atomic E-state index is 11.6. The maximum atomic E-state index is 11.6. The van der Waals surface area contributed by atoms with Gasteiger partial charge in [0.2, 0.25) is 5.91 Å². The van der Waals surface area contributed by atoms with Crippen molar-refractivity contribution in [3.8, 4) is 0 Å². The Balaban J connectivity index is 2.43. The molecule has 0 atom stereocenters. The number of rotatable bonds is 2. The number of amides is 1. The van der Waals surface area contributed by atoms with Crippen molar-refractivity contribution < 1.29 is 4.79 Å². The van der Waals surface area contributed by atoms with Gasteiger partial charge in [-0.1, -0.05) is 13.8 Å². The number of carbonyl (C=O) groups excluding carboxylic acids is 1. The van der Waals surface area contributed by atoms with Crippen molar-refractivity contribution in [2.75, 3.05) is 5.32 Å². The van der Waals surface area contributed by atoms with Crippen LogP contribution in [-0.4, -0.2) is 20.5 Å². The SMILES string of the molecule is CC(C)C(=O)Nc1cc(Br)cn2cnnc12. The third-order valence-electron chi connectivity index (χ3n) is 2.14. The highest BCUT2D eigenvalue weighted by atomic mass is 79.9. The van der Waals surface area contributed by atoms with Crippen LogP contribution in [0.25, 0.3) is 5.65 Å². The molecule has 0 radical (unpaired) electrons. The minimum atomic E-state index is -0.0676. The van der Waals surface area contributed by atoms with Crippen LogP contribution in [0, 0.1) is 5.92 Å². The van der Waals surface area contributed by atoms with Gasteiger partial charge in [0.05, 0.1) is 5.69 Å². The van der Waals surface area contributed by atoms with Crippen LogP contribution in [0.15, 0.2) is 23.1 Å². The molecule has 2 rings (SSSR count). The Morgan fingerprint density at radius 3 is 3.00 bits per heavy atom. The maximum Gasteiger partial charge on any atom is 0.227 e. The standard InChI is InChI=1S/C10H11BrN4O/c1-6(2)10(16)13-8-3-7(11)4-15-5-12-14-9(8)15/h3-6H,1-2H3,(H,13,16). The predicted molar refractivity (Wildman–Crippen MR) is 64.2 cm³/mol. The van der Waals surface area contributed by atoms with E-state index in [0.29, 0.717) is 11.3 Å². The molecule has 0 fully saturated rings. The molecule has 0 spiro atoms. The van der Waals surface area contributed by atoms with E-state index in [1.54, 1.807) is 10.7 Å². The van der Waals surface area contributed by atoms with Gasteiger partial charge in [-0.15, -0.1) is 10.2 Å². The molecule has 5 nitrogen and oxygen atoms in total. The summed E-state index contributed by atoms with van der Waals surface area (Å²) in [6, 6.07) is 1.81. The van der Waals surface area contributed by atoms with Crippen LogP contribution in [-0.2, 0) is 4.79 Å². The van der Waals surface area contributed by atoms with E-state index >= 15 is 0 Å². The second kappa shape index (κ2) is 4.21. The van der Waals surface area contributed by atoms with Gasteiger partial charge in [-0.3, -0.25) is 9.20 Å². The zero-order valence-electron chi connectivity index (χ0n) is 8.94. The zero-order chi connectivity index (χ0) is 11.7. The molecular weight excluding hydrogens is 272 g/mol. The van der Waals surface area contributed by atoms with E-state index in [0.717, 1.165) is 4.47 Å². The van der Waals surface area contributed by atoms with Crippen LogP contribution in [0.3, 0.4) is 0 Å². The fourth-order valence-electron chi connectivity index (χ4n) is 1.27. The van der Waals surface area contributed by atoms with Crippen LogP contribution in [0.2, 0.25) is 0 Å². The number of anilines is 1. The molecule has 0 aliphatic heterocycles. The van der Waals surface area contributed by atoms with Gasteiger partial charge in [0.25, 0.3) is 0 Å². The Bertz CT molecular complexity index is 535. The number of nitrogens with zero attached hydrogens (tertiary/aromatic N) is 3. The third kappa shape index (κ3) is 2.06. The molecule has 0 aliphatic rings. The average molecular weight is 283 g/mol. The predicted octanol–water partition coefficient (Wildman–Crippen LogP) is 2.09. The van der Waals surface area contributed by atoms with E-state index in [-0.39, 0.29) is 11.8 Å². The van der Waals surface area contributed by atoms with Crippen molar-refractivity contribution >= 4 is 33.2 Å². The van der Waals surface area contributed by atoms with Crippen molar-refractivity contribution in [2.45, 2.75) is 13.8 Å². The van der Waals surface area contributed by atoms with E-state index in [4.69, 9.17) is 0 Å². The molecule has 0 aromatic carbocycles. The summed E-state index contributed by atoms with van der Waals surface area (Å²) >= 11 is 3.37. The third-order valence-corrected chi connectivity index (χ3v) is 2.57. The summed E-state index contributed by atoms with van der Waals surface area (Å²) in [5, 5.41) is 10.6. The van der Waals surface area contributed by atoms with Crippen molar-refractivity contribution in [2.24, 2.45) is 5.92 Å². The highest BCUT2D eigenvalue weighted by Crippen LogP contribution is 2.21. The van der Waals surface area contributed by atoms with Gasteiger partial charge in [0.15, 0.2) is 5.65 Å². The molecule has 0 unspecified atom stereocenters. The highest BCUT2D eigenvalue weighted by molar-refractivity contribution is 9.10. The van der Waals surface area contributed by atoms with Gasteiger partial charge in [-0.2, -0.15) is 0 Å². The number of hydrogen-bond acceptors (Lipinski definition) is 3. The van der Waals surface area contributed by atoms with E-state index in [2.05, 4.69) is 31.4 Å². The normalized spacial score (nSPS) is 11.0. The van der Waals surface area contributed by atoms with Gasteiger partial charge in [-0.05, 0) is 22.0 Å². The molecule has 84 valence electrons. The number of nitrogens with one attached hydrogen (secondary N) is 1. The molecule has 16 heavy (non-hydrogen) atoms. The molecule has 0 bridgehead atoms. The van der Waals surface area contributed by atoms with Gasteiger partial charge in [0.1, 0.15) is 6.33 Å². The lowest BCUT2D eigenvalue weighted by Gasteiger charge is -2.08. The van der Waals surface area contributed by atoms with Crippen molar-refractivity contribution in [1.29, 1.82) is 0 Å². The Labute approximate surface area is 101 Å². The van der Waals surface area contributed by atoms with Crippen LogP contribution >= 0.6 is 15.9 Å². The van der Waals surface area contributed by atoms with Crippen LogP contribution < -0.4 is 5.32 Å². The number of pyridine rings is 1. The summed E-state index contributed by atoms with van der Waals surface area (Å²) in [5.74, 6) is -0.107. The van der Waals surface area contributed by atoms with Crippen molar-refractivity contribution in [3.63, 3.8) is 0 Å². The Hall–Kier alpha value is -1.43. The second-order valence-electron chi connectivity index (χ2n) is 3.78. The number of halogens is 1. The average Bonchev–Trinajstić information content (AvgIpc) is 2.65. The van der Waals surface area contributed by atoms with Crippen molar-refractivity contribution in [3.05, 3.63) is 23.1 Å². The summed E-state index contributed by atoms with van der Waals surface area (Å²) < 4.78 is 2.61. The molecule has 2 aromatic rings. The van der Waals surface area contributed by atoms with Gasteiger partial charge in [0, 0.05) is 16.6 Å². The Morgan fingerprint density at radius 1 is 1.56 bits per heavy atom. The second-order valence-corrected chi connectivity index (χ2v) is 4.69. The zero-order valence-corrected chi connectivity index (χ0v) is 10.5. The Kier molecular flexibility index (Phi) is 2.91. The fraction of sp³-hybridized carbons (Fsp3) is 0.300. The first-order chi connectivity index (χ1) is 7.58. The summed E-state index contributed by atoms with van der Waals surface area (Å²) in [6.07, 6.45) is 3.42. The molecule has 2 aromatic heterocycles. The summed E-state index contributed by atoms with van der Waals surface area (Å²) in [7, 11) is 0. The molecule has 0 aliphatic carbocycles. The molecule has 6 heteroatoms. The number of carbonyl (C=O) groups is 1. The van der Waals surface area contributed by atoms with Crippen LogP contribution in [0.4, 0.5) is 5.69 Å². The van der Waals surface area contributed by atoms with Gasteiger partial charge >= 0.3 is 0 Å². The minimum Gasteiger partial charge on any atom is -0.323 e. The smallest absolute Gasteiger partial charge is 0.227 e. The van der Waals surface area contributed by atoms with E-state index in [1.807, 2.05) is 26.1 Å². The Morgan fingerprint density at radius 2 is 2.31 bits per heavy atom. The van der Waals surface area contributed by atoms with Gasteiger partial charge in [-0.25, -0.2) is 0 Å². The van der Waals surface area contributed by atoms with E-state index in [1.165, 1.54) is 0 Å². The largest absolute Gasteiger partial charge is 0.323 e. The van der Waals surface area contributed by atoms with Gasteiger partial charge < -0.3 is 5.32 Å². The van der Waals surface area contributed by atoms with Crippen molar-refractivity contribution in [1.82, 2.24) is 14.6 Å². The van der Waals surface area contributed by atoms with Crippen LogP contribution in [0.1, 0.15) is 13.8 Å². The number of fused-ring (bicyclic) bond motifs is 1. The molecule has 1 N–H and O–H groups in total. The monoisotopic (exact) mass is 282 g/mol. The number of hydrogen-bond donors (Lipinski definition) is 1. The van der Waals surface area contributed by atoms with E-state index in [9.17, 15) is 4.79 Å². The molecular formula is C10H11BrN4O. The minimum absolute atomic E-state index is 0.0389. The topological polar surface area (TPSA) is 59.3 Å². The molecule has 0 saturated heterocycles. The fourth-order valence-corrected chi connectivity index (χ4v) is 1.72. The first-order valence-corrected chi connectivity index (χ1v) is 5.67. The lowest BCUT2D eigenvalue weighted by molar-refractivity contribution is -0.118. The molecule has 2 heterocycles. The van der Waals surface area contributed by atoms with E-state index < -0.39 is 0 Å². The summed E-state index contributed by atoms with van der Waals surface area (Å²) in [4.78, 5) is 11.6. The number of aromatic nitrogens is 3. The summed E-state index contributed by atoms with van der Waals surface area (Å²) in [5.41, 5.74) is 1.29. The van der Waals surface area contributed by atoms with Crippen LogP contribution in [0.5, 0.6) is 0 Å². The first kappa shape index (κ1) is 11.1. The lowest BCUT2D eigenvalue weighted by atomic mass is 10.2. The lowest BCUT2D eigenvalue weighted by Crippen LogP contribution is -2.18. The highest BCUT2D eigenvalue weighted by Gasteiger charge is 2.11. The molecule has 0 saturated carbocycles. The summed E-state index contributed by atoms with van der Waals surface area (Å²) in [6.45, 7) is 3.68. The molecule has 1 amide bonds. The quantitative estimate of drug-likeness (QED) is 0.918. The first-order valence-electron chi connectivity index (χ1n) is 4.87.